The summed E-state index contributed by atoms with van der Waals surface area (Å²) in [5, 5.41) is 8.20. The van der Waals surface area contributed by atoms with Crippen molar-refractivity contribution in [1.82, 2.24) is 10.4 Å². The Kier molecular flexibility index (Phi) is 14.3. The zero-order chi connectivity index (χ0) is 41.4. The van der Waals surface area contributed by atoms with Gasteiger partial charge in [-0.15, -0.1) is 4.90 Å². The quantitative estimate of drug-likeness (QED) is 0.0399. The van der Waals surface area contributed by atoms with Crippen molar-refractivity contribution in [3.05, 3.63) is 77.9 Å². The molecule has 17 nitrogen and oxygen atoms in total. The fourth-order valence-electron chi connectivity index (χ4n) is 4.46. The second-order valence-corrected chi connectivity index (χ2v) is 17.2. The smallest absolute Gasteiger partial charge is 0.427 e. The molecule has 0 spiro atoms. The van der Waals surface area contributed by atoms with Gasteiger partial charge < -0.3 is 23.1 Å². The summed E-state index contributed by atoms with van der Waals surface area (Å²) in [7, 11) is -6.72. The van der Waals surface area contributed by atoms with Crippen molar-refractivity contribution < 1.29 is 59.2 Å². The summed E-state index contributed by atoms with van der Waals surface area (Å²) < 4.78 is 81.6. The number of nitrogens with one attached hydrogen (secondary N) is 2. The average molecular weight is 807 g/mol. The number of rotatable bonds is 13. The lowest BCUT2D eigenvalue weighted by Crippen LogP contribution is -2.51. The zero-order valence-electron chi connectivity index (χ0n) is 32.0. The maximum Gasteiger partial charge on any atom is 0.427 e. The van der Waals surface area contributed by atoms with Crippen molar-refractivity contribution in [2.75, 3.05) is 31.7 Å². The molecule has 300 valence electrons. The van der Waals surface area contributed by atoms with E-state index in [2.05, 4.69) is 10.2 Å². The number of nitrogens with zero attached hydrogens (tertiary/aromatic N) is 2. The maximum atomic E-state index is 13.7. The van der Waals surface area contributed by atoms with Crippen molar-refractivity contribution in [2.45, 2.75) is 75.9 Å². The Hall–Kier alpha value is -5.40. The first-order chi connectivity index (χ1) is 25.4. The van der Waals surface area contributed by atoms with Crippen LogP contribution in [-0.4, -0.2) is 84.4 Å². The Labute approximate surface area is 321 Å². The van der Waals surface area contributed by atoms with Crippen LogP contribution in [0, 0.1) is 12.3 Å². The third-order valence-electron chi connectivity index (χ3n) is 6.84. The van der Waals surface area contributed by atoms with Crippen LogP contribution in [0.2, 0.25) is 0 Å². The van der Waals surface area contributed by atoms with Gasteiger partial charge in [0.15, 0.2) is 0 Å². The number of imide groups is 1. The van der Waals surface area contributed by atoms with E-state index in [-0.39, 0.29) is 42.4 Å². The van der Waals surface area contributed by atoms with E-state index >= 15 is 0 Å². The lowest BCUT2D eigenvalue weighted by Gasteiger charge is -2.28. The van der Waals surface area contributed by atoms with E-state index in [1.54, 1.807) is 54.5 Å². The second-order valence-electron chi connectivity index (χ2n) is 13.8. The average Bonchev–Trinajstić information content (AvgIpc) is 3.07. The van der Waals surface area contributed by atoms with Gasteiger partial charge in [0.2, 0.25) is 5.96 Å². The molecule has 0 aliphatic carbocycles. The molecule has 0 aromatic heterocycles. The Morgan fingerprint density at radius 3 is 1.87 bits per heavy atom. The third-order valence-corrected chi connectivity index (χ3v) is 10.1. The Morgan fingerprint density at radius 2 is 1.33 bits per heavy atom. The number of guanidine groups is 1. The SMILES string of the molecule is COC(=O)c1ccc(N(C)S(=O)(=O)c2ccccc2S(=O)(=O)Oc2cc(C)cc(OCCCONC(=N)N(C(=O)OC(C)(C)C)C(=O)OC(C)(C)C)c2)cc1. The minimum Gasteiger partial charge on any atom is -0.493 e. The highest BCUT2D eigenvalue weighted by Gasteiger charge is 2.35. The van der Waals surface area contributed by atoms with E-state index in [0.717, 1.165) is 16.4 Å². The molecule has 0 aliphatic rings. The summed E-state index contributed by atoms with van der Waals surface area (Å²) in [6.07, 6.45) is -2.06. The van der Waals surface area contributed by atoms with Gasteiger partial charge in [0.25, 0.3) is 10.0 Å². The highest BCUT2D eigenvalue weighted by Crippen LogP contribution is 2.31. The summed E-state index contributed by atoms with van der Waals surface area (Å²) >= 11 is 0. The van der Waals surface area contributed by atoms with E-state index < -0.39 is 65.2 Å². The molecule has 0 heterocycles. The number of hydrogen-bond donors (Lipinski definition) is 2. The van der Waals surface area contributed by atoms with E-state index in [9.17, 15) is 31.2 Å². The standard InChI is InChI=1S/C36H46N4O13S2/c1-24-21-27(49-19-12-20-50-38-32(37)40(33(42)51-35(2,3)4)34(43)52-36(5,6)7)23-28(22-24)53-55(46,47)30-14-11-10-13-29(30)54(44,45)39(8)26-17-15-25(16-18-26)31(41)48-9/h10-11,13-18,21-23H,12,19-20H2,1-9H3,(H2,37,38). The molecule has 2 N–H and O–H groups in total. The molecule has 3 aromatic rings. The maximum absolute atomic E-state index is 13.7. The lowest BCUT2D eigenvalue weighted by molar-refractivity contribution is 0.00816. The van der Waals surface area contributed by atoms with Gasteiger partial charge in [-0.25, -0.2) is 28.3 Å². The molecule has 0 atom stereocenters. The van der Waals surface area contributed by atoms with Gasteiger partial charge >= 0.3 is 28.3 Å². The minimum atomic E-state index is -4.72. The molecule has 19 heteroatoms. The molecule has 0 saturated carbocycles. The number of carbonyl (C=O) groups is 3. The fraction of sp³-hybridized carbons (Fsp3) is 0.389. The first-order valence-corrected chi connectivity index (χ1v) is 19.5. The van der Waals surface area contributed by atoms with Crippen LogP contribution in [0.1, 0.15) is 63.9 Å². The van der Waals surface area contributed by atoms with Crippen molar-refractivity contribution in [3.63, 3.8) is 0 Å². The number of hydroxylamine groups is 1. The Balaban J connectivity index is 1.66. The number of aryl methyl sites for hydroxylation is 1. The fourth-order valence-corrected chi connectivity index (χ4v) is 7.35. The number of hydrogen-bond acceptors (Lipinski definition) is 14. The van der Waals surface area contributed by atoms with Crippen molar-refractivity contribution >= 4 is 49.9 Å². The molecule has 3 aromatic carbocycles. The van der Waals surface area contributed by atoms with Crippen molar-refractivity contribution in [1.29, 1.82) is 5.41 Å². The Morgan fingerprint density at radius 1 is 0.782 bits per heavy atom. The molecule has 0 radical (unpaired) electrons. The molecule has 0 bridgehead atoms. The van der Waals surface area contributed by atoms with E-state index in [1.807, 2.05) is 0 Å². The number of esters is 1. The van der Waals surface area contributed by atoms with E-state index in [1.165, 1.54) is 62.7 Å². The second kappa shape index (κ2) is 17.8. The zero-order valence-corrected chi connectivity index (χ0v) is 33.6. The van der Waals surface area contributed by atoms with Crippen LogP contribution in [0.3, 0.4) is 0 Å². The van der Waals surface area contributed by atoms with Crippen LogP contribution in [0.25, 0.3) is 0 Å². The molecule has 55 heavy (non-hydrogen) atoms. The highest BCUT2D eigenvalue weighted by atomic mass is 32.2. The van der Waals surface area contributed by atoms with Gasteiger partial charge in [-0.3, -0.25) is 14.6 Å². The van der Waals surface area contributed by atoms with Crippen molar-refractivity contribution in [3.8, 4) is 11.5 Å². The van der Waals surface area contributed by atoms with Crippen molar-refractivity contribution in [2.24, 2.45) is 0 Å². The summed E-state index contributed by atoms with van der Waals surface area (Å²) in [6, 6.07) is 14.9. The van der Waals surface area contributed by atoms with Gasteiger partial charge in [-0.1, -0.05) is 12.1 Å². The van der Waals surface area contributed by atoms with Crippen LogP contribution >= 0.6 is 0 Å². The summed E-state index contributed by atoms with van der Waals surface area (Å²) in [5.41, 5.74) is 1.20. The number of anilines is 1. The topological polar surface area (TPSA) is 217 Å². The molecule has 0 fully saturated rings. The van der Waals surface area contributed by atoms with Gasteiger partial charge in [0, 0.05) is 19.5 Å². The molecule has 2 amide bonds. The molecular weight excluding hydrogens is 761 g/mol. The normalized spacial score (nSPS) is 11.9. The number of benzene rings is 3. The van der Waals surface area contributed by atoms with Gasteiger partial charge in [-0.2, -0.15) is 8.42 Å². The van der Waals surface area contributed by atoms with Crippen LogP contribution in [0.5, 0.6) is 11.5 Å². The predicted octanol–water partition coefficient (Wildman–Crippen LogP) is 5.77. The molecule has 0 unspecified atom stereocenters. The summed E-state index contributed by atoms with van der Waals surface area (Å²) in [6.45, 7) is 11.2. The third kappa shape index (κ3) is 12.6. The van der Waals surface area contributed by atoms with Gasteiger partial charge in [0.1, 0.15) is 32.5 Å². The number of amides is 2. The first-order valence-electron chi connectivity index (χ1n) is 16.6. The van der Waals surface area contributed by atoms with E-state index in [0.29, 0.717) is 10.5 Å². The lowest BCUT2D eigenvalue weighted by atomic mass is 10.2. The van der Waals surface area contributed by atoms with Crippen LogP contribution in [0.4, 0.5) is 15.3 Å². The first kappa shape index (κ1) is 44.0. The number of methoxy groups -OCH3 is 1. The summed E-state index contributed by atoms with van der Waals surface area (Å²) in [4.78, 5) is 41.6. The molecule has 0 aliphatic heterocycles. The van der Waals surface area contributed by atoms with E-state index in [4.69, 9.17) is 28.6 Å². The molecule has 3 rings (SSSR count). The number of sulfonamides is 1. The predicted molar refractivity (Wildman–Crippen MR) is 200 cm³/mol. The number of ether oxygens (including phenoxy) is 4. The highest BCUT2D eigenvalue weighted by molar-refractivity contribution is 7.94. The molecular formula is C36H46N4O13S2. The monoisotopic (exact) mass is 806 g/mol. The minimum absolute atomic E-state index is 0.0422. The van der Waals surface area contributed by atoms with Crippen LogP contribution < -0.4 is 18.7 Å². The van der Waals surface area contributed by atoms with Crippen LogP contribution in [0.15, 0.2) is 76.5 Å². The Bertz CT molecular complexity index is 2060. The number of carbonyl (C=O) groups excluding carboxylic acids is 3. The summed E-state index contributed by atoms with van der Waals surface area (Å²) in [5.74, 6) is -1.28. The van der Waals surface area contributed by atoms with Gasteiger partial charge in [0.05, 0.1) is 31.6 Å². The van der Waals surface area contributed by atoms with Gasteiger partial charge in [-0.05, 0) is 103 Å². The van der Waals surface area contributed by atoms with Crippen LogP contribution in [-0.2, 0) is 39.2 Å². The molecule has 0 saturated heterocycles. The largest absolute Gasteiger partial charge is 0.493 e.